The van der Waals surface area contributed by atoms with Gasteiger partial charge in [-0.1, -0.05) is 40.2 Å². The van der Waals surface area contributed by atoms with Gasteiger partial charge in [0.15, 0.2) is 6.23 Å². The molecule has 1 fully saturated rings. The third kappa shape index (κ3) is 4.47. The van der Waals surface area contributed by atoms with Crippen LogP contribution in [0.15, 0.2) is 83.5 Å². The van der Waals surface area contributed by atoms with Gasteiger partial charge in [0.1, 0.15) is 17.6 Å². The zero-order chi connectivity index (χ0) is 24.7. The van der Waals surface area contributed by atoms with Gasteiger partial charge in [-0.2, -0.15) is 5.10 Å². The second kappa shape index (κ2) is 9.28. The maximum Gasteiger partial charge on any atom is 0.254 e. The number of ether oxygens (including phenoxy) is 1. The monoisotopic (exact) mass is 534 g/mol. The number of nitrogen functional groups attached to an aromatic ring is 1. The van der Waals surface area contributed by atoms with Crippen LogP contribution in [0.25, 0.3) is 16.8 Å². The number of anilines is 1. The molecule has 0 saturated carbocycles. The SMILES string of the molecule is CC1OC(c2nn(-c3ccc(Br)cc3)cc2-c2ccc(F)cc2)N(C(C)c2ccc(N)cc2)C1=O. The topological polar surface area (TPSA) is 73.4 Å². The van der Waals surface area contributed by atoms with Crippen molar-refractivity contribution in [2.75, 3.05) is 5.73 Å². The Bertz CT molecular complexity index is 1350. The fourth-order valence-corrected chi connectivity index (χ4v) is 4.58. The molecule has 5 rings (SSSR count). The molecular formula is C27H24BrFN4O2. The Balaban J connectivity index is 1.62. The van der Waals surface area contributed by atoms with Crippen LogP contribution in [-0.4, -0.2) is 26.7 Å². The van der Waals surface area contributed by atoms with Crippen LogP contribution >= 0.6 is 15.9 Å². The summed E-state index contributed by atoms with van der Waals surface area (Å²) >= 11 is 3.46. The highest BCUT2D eigenvalue weighted by molar-refractivity contribution is 9.10. The molecule has 2 N–H and O–H groups in total. The summed E-state index contributed by atoms with van der Waals surface area (Å²) in [6, 6.07) is 21.1. The molecular weight excluding hydrogens is 511 g/mol. The third-order valence-corrected chi connectivity index (χ3v) is 6.78. The average molecular weight is 535 g/mol. The van der Waals surface area contributed by atoms with Crippen molar-refractivity contribution in [2.24, 2.45) is 0 Å². The summed E-state index contributed by atoms with van der Waals surface area (Å²) in [6.07, 6.45) is 0.534. The van der Waals surface area contributed by atoms with Gasteiger partial charge in [-0.3, -0.25) is 4.79 Å². The van der Waals surface area contributed by atoms with Gasteiger partial charge in [-0.25, -0.2) is 9.07 Å². The first-order valence-electron chi connectivity index (χ1n) is 11.3. The molecule has 6 nitrogen and oxygen atoms in total. The van der Waals surface area contributed by atoms with E-state index in [1.165, 1.54) is 12.1 Å². The number of carbonyl (C=O) groups excluding carboxylic acids is 1. The lowest BCUT2D eigenvalue weighted by molar-refractivity contribution is -0.132. The van der Waals surface area contributed by atoms with Crippen LogP contribution in [0.3, 0.4) is 0 Å². The number of hydrogen-bond acceptors (Lipinski definition) is 4. The minimum absolute atomic E-state index is 0.123. The Labute approximate surface area is 211 Å². The van der Waals surface area contributed by atoms with E-state index in [-0.39, 0.29) is 17.8 Å². The largest absolute Gasteiger partial charge is 0.399 e. The van der Waals surface area contributed by atoms with E-state index in [1.807, 2.05) is 61.7 Å². The van der Waals surface area contributed by atoms with Gasteiger partial charge in [0.2, 0.25) is 0 Å². The fourth-order valence-electron chi connectivity index (χ4n) is 4.32. The van der Waals surface area contributed by atoms with Crippen LogP contribution in [0, 0.1) is 5.82 Å². The van der Waals surface area contributed by atoms with Crippen LogP contribution in [-0.2, 0) is 9.53 Å². The Kier molecular flexibility index (Phi) is 6.17. The second-order valence-corrected chi connectivity index (χ2v) is 9.49. The van der Waals surface area contributed by atoms with Crippen molar-refractivity contribution in [2.45, 2.75) is 32.2 Å². The maximum atomic E-state index is 13.7. The van der Waals surface area contributed by atoms with Gasteiger partial charge in [-0.05, 0) is 73.5 Å². The zero-order valence-corrected chi connectivity index (χ0v) is 20.8. The van der Waals surface area contributed by atoms with E-state index >= 15 is 0 Å². The smallest absolute Gasteiger partial charge is 0.254 e. The molecule has 1 saturated heterocycles. The van der Waals surface area contributed by atoms with E-state index in [9.17, 15) is 9.18 Å². The van der Waals surface area contributed by atoms with Crippen molar-refractivity contribution in [1.82, 2.24) is 14.7 Å². The predicted octanol–water partition coefficient (Wildman–Crippen LogP) is 6.03. The van der Waals surface area contributed by atoms with Gasteiger partial charge in [-0.15, -0.1) is 0 Å². The highest BCUT2D eigenvalue weighted by Gasteiger charge is 2.44. The van der Waals surface area contributed by atoms with Gasteiger partial charge in [0.25, 0.3) is 5.91 Å². The molecule has 8 heteroatoms. The van der Waals surface area contributed by atoms with Gasteiger partial charge < -0.3 is 15.4 Å². The molecule has 0 spiro atoms. The number of aromatic nitrogens is 2. The number of carbonyl (C=O) groups is 1. The first-order chi connectivity index (χ1) is 16.8. The van der Waals surface area contributed by atoms with Crippen molar-refractivity contribution in [1.29, 1.82) is 0 Å². The molecule has 1 aliphatic heterocycles. The summed E-state index contributed by atoms with van der Waals surface area (Å²) in [5.74, 6) is -0.447. The Morgan fingerprint density at radius 3 is 2.34 bits per heavy atom. The van der Waals surface area contributed by atoms with Crippen molar-refractivity contribution in [3.63, 3.8) is 0 Å². The summed E-state index contributed by atoms with van der Waals surface area (Å²) in [4.78, 5) is 15.0. The summed E-state index contributed by atoms with van der Waals surface area (Å²) in [5.41, 5.74) is 10.4. The standard InChI is InChI=1S/C27H24BrFN4O2/c1-16(18-5-11-22(30)12-6-18)33-26(34)17(2)35-27(33)25-24(19-3-9-21(29)10-4-19)15-32(31-25)23-13-7-20(28)8-14-23/h3-17,27H,30H2,1-2H3. The van der Waals surface area contributed by atoms with Crippen LogP contribution in [0.2, 0.25) is 0 Å². The molecule has 35 heavy (non-hydrogen) atoms. The third-order valence-electron chi connectivity index (χ3n) is 6.25. The van der Waals surface area contributed by atoms with Crippen LogP contribution < -0.4 is 5.73 Å². The first-order valence-corrected chi connectivity index (χ1v) is 12.1. The maximum absolute atomic E-state index is 13.7. The highest BCUT2D eigenvalue weighted by Crippen LogP contribution is 2.41. The van der Waals surface area contributed by atoms with Crippen molar-refractivity contribution >= 4 is 27.5 Å². The van der Waals surface area contributed by atoms with Crippen molar-refractivity contribution in [3.05, 3.63) is 101 Å². The van der Waals surface area contributed by atoms with Crippen LogP contribution in [0.4, 0.5) is 10.1 Å². The molecule has 1 amide bonds. The lowest BCUT2D eigenvalue weighted by Gasteiger charge is -2.29. The van der Waals surface area contributed by atoms with E-state index in [0.717, 1.165) is 26.9 Å². The number of nitrogens with zero attached hydrogens (tertiary/aromatic N) is 3. The summed E-state index contributed by atoms with van der Waals surface area (Å²) in [5, 5.41) is 4.87. The lowest BCUT2D eigenvalue weighted by Crippen LogP contribution is -2.33. The van der Waals surface area contributed by atoms with E-state index in [0.29, 0.717) is 11.4 Å². The van der Waals surface area contributed by atoms with Crippen LogP contribution in [0.1, 0.15) is 37.4 Å². The van der Waals surface area contributed by atoms with E-state index < -0.39 is 12.3 Å². The van der Waals surface area contributed by atoms with E-state index in [4.69, 9.17) is 15.6 Å². The van der Waals surface area contributed by atoms with Gasteiger partial charge in [0, 0.05) is 21.9 Å². The summed E-state index contributed by atoms with van der Waals surface area (Å²) in [7, 11) is 0. The fraction of sp³-hybridized carbons (Fsp3) is 0.185. The van der Waals surface area contributed by atoms with Crippen LogP contribution in [0.5, 0.6) is 0 Å². The van der Waals surface area contributed by atoms with E-state index in [2.05, 4.69) is 15.9 Å². The minimum Gasteiger partial charge on any atom is -0.399 e. The number of nitrogens with two attached hydrogens (primary N) is 1. The number of rotatable bonds is 5. The Morgan fingerprint density at radius 2 is 1.69 bits per heavy atom. The molecule has 3 unspecified atom stereocenters. The molecule has 3 aromatic carbocycles. The Hall–Kier alpha value is -3.49. The minimum atomic E-state index is -0.721. The average Bonchev–Trinajstić information content (AvgIpc) is 3.41. The number of benzene rings is 3. The summed E-state index contributed by atoms with van der Waals surface area (Å²) in [6.45, 7) is 3.70. The molecule has 4 aromatic rings. The molecule has 0 bridgehead atoms. The van der Waals surface area contributed by atoms with Gasteiger partial charge >= 0.3 is 0 Å². The number of amides is 1. The molecule has 178 valence electrons. The van der Waals surface area contributed by atoms with Crippen molar-refractivity contribution in [3.8, 4) is 16.8 Å². The molecule has 0 aliphatic carbocycles. The molecule has 0 radical (unpaired) electrons. The molecule has 1 aliphatic rings. The second-order valence-electron chi connectivity index (χ2n) is 8.57. The number of halogens is 2. The summed E-state index contributed by atoms with van der Waals surface area (Å²) < 4.78 is 22.6. The van der Waals surface area contributed by atoms with Gasteiger partial charge in [0.05, 0.1) is 11.7 Å². The lowest BCUT2D eigenvalue weighted by atomic mass is 10.0. The first kappa shape index (κ1) is 23.3. The van der Waals surface area contributed by atoms with E-state index in [1.54, 1.807) is 28.6 Å². The predicted molar refractivity (Wildman–Crippen MR) is 136 cm³/mol. The Morgan fingerprint density at radius 1 is 1.03 bits per heavy atom. The quantitative estimate of drug-likeness (QED) is 0.317. The highest BCUT2D eigenvalue weighted by atomic mass is 79.9. The molecule has 3 atom stereocenters. The molecule has 1 aromatic heterocycles. The molecule has 2 heterocycles. The van der Waals surface area contributed by atoms with Crippen molar-refractivity contribution < 1.29 is 13.9 Å². The zero-order valence-electron chi connectivity index (χ0n) is 19.2. The number of hydrogen-bond donors (Lipinski definition) is 1. The normalized spacial score (nSPS) is 18.7.